The minimum absolute atomic E-state index is 0.0649. The highest BCUT2D eigenvalue weighted by Crippen LogP contribution is 2.35. The second kappa shape index (κ2) is 6.52. The van der Waals surface area contributed by atoms with Crippen LogP contribution >= 0.6 is 0 Å². The number of phenolic OH excluding ortho intramolecular Hbond substituents is 1. The maximum atomic E-state index is 10.5. The van der Waals surface area contributed by atoms with Gasteiger partial charge in [-0.05, 0) is 77.0 Å². The summed E-state index contributed by atoms with van der Waals surface area (Å²) < 4.78 is 0. The van der Waals surface area contributed by atoms with E-state index in [0.29, 0.717) is 5.75 Å². The van der Waals surface area contributed by atoms with Crippen molar-refractivity contribution >= 4 is 0 Å². The summed E-state index contributed by atoms with van der Waals surface area (Å²) in [6, 6.07) is 8.97. The Morgan fingerprint density at radius 2 is 1.12 bits per heavy atom. The van der Waals surface area contributed by atoms with E-state index in [1.807, 2.05) is 6.92 Å². The predicted molar refractivity (Wildman–Crippen MR) is 109 cm³/mol. The number of phenols is 1. The first-order valence-corrected chi connectivity index (χ1v) is 9.24. The Hall–Kier alpha value is -1.76. The van der Waals surface area contributed by atoms with Crippen LogP contribution in [0.15, 0.2) is 24.3 Å². The van der Waals surface area contributed by atoms with Crippen molar-refractivity contribution in [3.63, 3.8) is 0 Å². The Kier molecular flexibility index (Phi) is 5.10. The van der Waals surface area contributed by atoms with Gasteiger partial charge >= 0.3 is 0 Å². The summed E-state index contributed by atoms with van der Waals surface area (Å²) in [6.45, 7) is 19.7. The molecular weight excluding hydrogens is 304 g/mol. The standard InChI is InChI=1S/C24H34O/c1-15-10-18(13-20(17(15)3)23(4,5)6)12-19-11-16(2)22(25)21(14-19)24(7,8)9/h10-11,13-14,25H,12H2,1-9H3. The smallest absolute Gasteiger partial charge is 0.122 e. The molecule has 0 aliphatic rings. The highest BCUT2D eigenvalue weighted by molar-refractivity contribution is 5.48. The lowest BCUT2D eigenvalue weighted by Crippen LogP contribution is -2.15. The van der Waals surface area contributed by atoms with E-state index >= 15 is 0 Å². The minimum atomic E-state index is -0.0649. The summed E-state index contributed by atoms with van der Waals surface area (Å²) >= 11 is 0. The molecule has 136 valence electrons. The molecule has 2 aromatic rings. The highest BCUT2D eigenvalue weighted by Gasteiger charge is 2.21. The average Bonchev–Trinajstić information content (AvgIpc) is 2.43. The molecule has 2 aromatic carbocycles. The third-order valence-electron chi connectivity index (χ3n) is 5.11. The first-order valence-electron chi connectivity index (χ1n) is 9.24. The Morgan fingerprint density at radius 3 is 1.60 bits per heavy atom. The molecule has 0 unspecified atom stereocenters. The van der Waals surface area contributed by atoms with Crippen LogP contribution in [0.1, 0.15) is 80.5 Å². The van der Waals surface area contributed by atoms with E-state index in [4.69, 9.17) is 0 Å². The molecular formula is C24H34O. The van der Waals surface area contributed by atoms with Crippen molar-refractivity contribution in [1.29, 1.82) is 0 Å². The van der Waals surface area contributed by atoms with Gasteiger partial charge in [0.05, 0.1) is 0 Å². The fourth-order valence-electron chi connectivity index (χ4n) is 3.58. The van der Waals surface area contributed by atoms with Gasteiger partial charge in [0.25, 0.3) is 0 Å². The molecule has 1 nitrogen and oxygen atoms in total. The van der Waals surface area contributed by atoms with Gasteiger partial charge in [-0.2, -0.15) is 0 Å². The molecule has 0 bridgehead atoms. The monoisotopic (exact) mass is 338 g/mol. The number of hydrogen-bond acceptors (Lipinski definition) is 1. The van der Waals surface area contributed by atoms with Crippen LogP contribution in [-0.4, -0.2) is 5.11 Å². The van der Waals surface area contributed by atoms with Crippen molar-refractivity contribution in [2.75, 3.05) is 0 Å². The zero-order valence-corrected chi connectivity index (χ0v) is 17.5. The predicted octanol–water partition coefficient (Wildman–Crippen LogP) is 6.50. The molecule has 1 N–H and O–H groups in total. The third kappa shape index (κ3) is 4.26. The quantitative estimate of drug-likeness (QED) is 0.662. The van der Waals surface area contributed by atoms with Crippen LogP contribution in [-0.2, 0) is 17.3 Å². The van der Waals surface area contributed by atoms with Gasteiger partial charge in [0, 0.05) is 0 Å². The largest absolute Gasteiger partial charge is 0.507 e. The lowest BCUT2D eigenvalue weighted by molar-refractivity contribution is 0.442. The minimum Gasteiger partial charge on any atom is -0.507 e. The number of rotatable bonds is 2. The summed E-state index contributed by atoms with van der Waals surface area (Å²) in [7, 11) is 0. The maximum Gasteiger partial charge on any atom is 0.122 e. The van der Waals surface area contributed by atoms with Gasteiger partial charge in [0.15, 0.2) is 0 Å². The lowest BCUT2D eigenvalue weighted by atomic mass is 9.80. The van der Waals surface area contributed by atoms with Crippen molar-refractivity contribution in [3.8, 4) is 5.75 Å². The third-order valence-corrected chi connectivity index (χ3v) is 5.11. The zero-order valence-electron chi connectivity index (χ0n) is 17.5. The Balaban J connectivity index is 2.51. The first kappa shape index (κ1) is 19.6. The van der Waals surface area contributed by atoms with Crippen molar-refractivity contribution in [2.45, 2.75) is 79.6 Å². The van der Waals surface area contributed by atoms with E-state index in [0.717, 1.165) is 17.5 Å². The number of hydrogen-bond donors (Lipinski definition) is 1. The van der Waals surface area contributed by atoms with Crippen LogP contribution in [0.3, 0.4) is 0 Å². The normalized spacial score (nSPS) is 12.5. The molecule has 0 spiro atoms. The van der Waals surface area contributed by atoms with Gasteiger partial charge in [0.2, 0.25) is 0 Å². The molecule has 0 fully saturated rings. The summed E-state index contributed by atoms with van der Waals surface area (Å²) in [6.07, 6.45) is 0.897. The lowest BCUT2D eigenvalue weighted by Gasteiger charge is -2.25. The van der Waals surface area contributed by atoms with Crippen molar-refractivity contribution < 1.29 is 5.11 Å². The molecule has 25 heavy (non-hydrogen) atoms. The second-order valence-corrected chi connectivity index (χ2v) is 9.57. The summed E-state index contributed by atoms with van der Waals surface area (Å²) in [4.78, 5) is 0. The van der Waals surface area contributed by atoms with Crippen LogP contribution in [0.2, 0.25) is 0 Å². The van der Waals surface area contributed by atoms with E-state index < -0.39 is 0 Å². The Bertz CT molecular complexity index is 716. The van der Waals surface area contributed by atoms with Gasteiger partial charge in [-0.15, -0.1) is 0 Å². The number of aromatic hydroxyl groups is 1. The van der Waals surface area contributed by atoms with Gasteiger partial charge in [-0.1, -0.05) is 65.8 Å². The highest BCUT2D eigenvalue weighted by atomic mass is 16.3. The molecule has 0 heterocycles. The van der Waals surface area contributed by atoms with E-state index in [1.54, 1.807) is 0 Å². The van der Waals surface area contributed by atoms with E-state index in [9.17, 15) is 5.11 Å². The van der Waals surface area contributed by atoms with Gasteiger partial charge in [-0.25, -0.2) is 0 Å². The second-order valence-electron chi connectivity index (χ2n) is 9.57. The summed E-state index contributed by atoms with van der Waals surface area (Å²) in [5.41, 5.74) is 8.86. The summed E-state index contributed by atoms with van der Waals surface area (Å²) in [5.74, 6) is 0.437. The number of benzene rings is 2. The topological polar surface area (TPSA) is 20.2 Å². The van der Waals surface area contributed by atoms with Crippen LogP contribution in [0.5, 0.6) is 5.75 Å². The average molecular weight is 339 g/mol. The van der Waals surface area contributed by atoms with E-state index in [2.05, 4.69) is 79.7 Å². The van der Waals surface area contributed by atoms with Crippen LogP contribution in [0.4, 0.5) is 0 Å². The molecule has 0 radical (unpaired) electrons. The van der Waals surface area contributed by atoms with Crippen molar-refractivity contribution in [2.24, 2.45) is 0 Å². The molecule has 0 aliphatic heterocycles. The fraction of sp³-hybridized carbons (Fsp3) is 0.500. The molecule has 0 aromatic heterocycles. The van der Waals surface area contributed by atoms with Crippen molar-refractivity contribution in [3.05, 3.63) is 63.2 Å². The van der Waals surface area contributed by atoms with Crippen LogP contribution < -0.4 is 0 Å². The Labute approximate surface area is 154 Å². The molecule has 0 amide bonds. The van der Waals surface area contributed by atoms with Crippen molar-refractivity contribution in [1.82, 2.24) is 0 Å². The van der Waals surface area contributed by atoms with Crippen LogP contribution in [0.25, 0.3) is 0 Å². The zero-order chi connectivity index (χ0) is 19.2. The fourth-order valence-corrected chi connectivity index (χ4v) is 3.58. The number of aryl methyl sites for hydroxylation is 2. The maximum absolute atomic E-state index is 10.5. The molecule has 2 rings (SSSR count). The van der Waals surface area contributed by atoms with Crippen LogP contribution in [0, 0.1) is 20.8 Å². The van der Waals surface area contributed by atoms with Gasteiger partial charge in [0.1, 0.15) is 5.75 Å². The first-order chi connectivity index (χ1) is 11.3. The Morgan fingerprint density at radius 1 is 0.680 bits per heavy atom. The SMILES string of the molecule is Cc1cc(Cc2cc(C)c(O)c(C(C)(C)C)c2)cc(C(C)(C)C)c1C. The molecule has 0 saturated heterocycles. The molecule has 0 atom stereocenters. The van der Waals surface area contributed by atoms with E-state index in [1.165, 1.54) is 27.8 Å². The summed E-state index contributed by atoms with van der Waals surface area (Å²) in [5, 5.41) is 10.5. The molecule has 0 saturated carbocycles. The van der Waals surface area contributed by atoms with Gasteiger partial charge in [-0.3, -0.25) is 0 Å². The van der Waals surface area contributed by atoms with Gasteiger partial charge < -0.3 is 5.11 Å². The molecule has 1 heteroatoms. The molecule has 0 aliphatic carbocycles. The van der Waals surface area contributed by atoms with E-state index in [-0.39, 0.29) is 10.8 Å².